The quantitative estimate of drug-likeness (QED) is 0.789. The largest absolute Gasteiger partial charge is 0.399 e. The number of nitrogens with two attached hydrogens (primary N) is 1. The summed E-state index contributed by atoms with van der Waals surface area (Å²) in [5, 5.41) is 10.0. The Morgan fingerprint density at radius 3 is 2.24 bits per heavy atom. The summed E-state index contributed by atoms with van der Waals surface area (Å²) in [7, 11) is 0. The molecule has 3 N–H and O–H groups in total. The van der Waals surface area contributed by atoms with Crippen LogP contribution in [-0.4, -0.2) is 5.11 Å². The Bertz CT molecular complexity index is 450. The van der Waals surface area contributed by atoms with Crippen LogP contribution in [0, 0.1) is 0 Å². The molecule has 0 saturated heterocycles. The Labute approximate surface area is 102 Å². The summed E-state index contributed by atoms with van der Waals surface area (Å²) >= 11 is 0. The lowest BCUT2D eigenvalue weighted by molar-refractivity contribution is 0.168. The fourth-order valence-corrected chi connectivity index (χ4v) is 1.83. The number of nitrogen functional groups attached to an aromatic ring is 1. The molecule has 2 heteroatoms. The molecule has 2 aromatic carbocycles. The van der Waals surface area contributed by atoms with Gasteiger partial charge in [-0.2, -0.15) is 0 Å². The first-order valence-electron chi connectivity index (χ1n) is 5.83. The maximum absolute atomic E-state index is 10.0. The first-order chi connectivity index (χ1) is 8.25. The predicted molar refractivity (Wildman–Crippen MR) is 70.6 cm³/mol. The molecule has 88 valence electrons. The third-order valence-electron chi connectivity index (χ3n) is 2.87. The topological polar surface area (TPSA) is 46.2 Å². The molecule has 2 aromatic rings. The van der Waals surface area contributed by atoms with E-state index in [0.717, 1.165) is 24.1 Å². The summed E-state index contributed by atoms with van der Waals surface area (Å²) < 4.78 is 0. The van der Waals surface area contributed by atoms with Gasteiger partial charge in [0.25, 0.3) is 0 Å². The summed E-state index contributed by atoms with van der Waals surface area (Å²) in [6, 6.07) is 17.6. The molecule has 0 spiro atoms. The number of aryl methyl sites for hydroxylation is 1. The van der Waals surface area contributed by atoms with Crippen molar-refractivity contribution in [2.75, 3.05) is 5.73 Å². The van der Waals surface area contributed by atoms with E-state index in [1.54, 1.807) is 0 Å². The highest BCUT2D eigenvalue weighted by Crippen LogP contribution is 2.19. The molecular formula is C15H17NO. The SMILES string of the molecule is Nc1ccc(C(O)CCc2ccccc2)cc1. The van der Waals surface area contributed by atoms with Crippen LogP contribution < -0.4 is 5.73 Å². The second-order valence-corrected chi connectivity index (χ2v) is 4.21. The molecule has 0 fully saturated rings. The van der Waals surface area contributed by atoms with E-state index in [4.69, 9.17) is 5.73 Å². The predicted octanol–water partition coefficient (Wildman–Crippen LogP) is 2.94. The van der Waals surface area contributed by atoms with Gasteiger partial charge < -0.3 is 10.8 Å². The van der Waals surface area contributed by atoms with Crippen LogP contribution in [0.2, 0.25) is 0 Å². The fourth-order valence-electron chi connectivity index (χ4n) is 1.83. The van der Waals surface area contributed by atoms with Crippen molar-refractivity contribution >= 4 is 5.69 Å². The van der Waals surface area contributed by atoms with Crippen molar-refractivity contribution in [1.82, 2.24) is 0 Å². The molecule has 0 aliphatic carbocycles. The molecule has 1 unspecified atom stereocenters. The Morgan fingerprint density at radius 1 is 0.941 bits per heavy atom. The second kappa shape index (κ2) is 5.51. The highest BCUT2D eigenvalue weighted by molar-refractivity contribution is 5.39. The molecule has 0 aliphatic rings. The summed E-state index contributed by atoms with van der Waals surface area (Å²) in [6.45, 7) is 0. The van der Waals surface area contributed by atoms with Gasteiger partial charge in [0.2, 0.25) is 0 Å². The first kappa shape index (κ1) is 11.7. The third kappa shape index (κ3) is 3.33. The monoisotopic (exact) mass is 227 g/mol. The lowest BCUT2D eigenvalue weighted by Gasteiger charge is -2.11. The van der Waals surface area contributed by atoms with Crippen LogP contribution in [0.15, 0.2) is 54.6 Å². The van der Waals surface area contributed by atoms with Crippen molar-refractivity contribution in [3.63, 3.8) is 0 Å². The zero-order valence-electron chi connectivity index (χ0n) is 9.71. The van der Waals surface area contributed by atoms with Gasteiger partial charge in [0, 0.05) is 5.69 Å². The maximum Gasteiger partial charge on any atom is 0.0793 e. The Hall–Kier alpha value is -1.80. The van der Waals surface area contributed by atoms with Crippen LogP contribution in [0.1, 0.15) is 23.7 Å². The van der Waals surface area contributed by atoms with E-state index in [2.05, 4.69) is 12.1 Å². The van der Waals surface area contributed by atoms with Gasteiger partial charge in [-0.05, 0) is 36.1 Å². The van der Waals surface area contributed by atoms with Crippen molar-refractivity contribution < 1.29 is 5.11 Å². The third-order valence-corrected chi connectivity index (χ3v) is 2.87. The molecular weight excluding hydrogens is 210 g/mol. The molecule has 0 aromatic heterocycles. The number of benzene rings is 2. The van der Waals surface area contributed by atoms with E-state index < -0.39 is 6.10 Å². The fraction of sp³-hybridized carbons (Fsp3) is 0.200. The van der Waals surface area contributed by atoms with E-state index in [9.17, 15) is 5.11 Å². The van der Waals surface area contributed by atoms with Gasteiger partial charge in [-0.15, -0.1) is 0 Å². The standard InChI is InChI=1S/C15H17NO/c16-14-9-7-13(8-10-14)15(17)11-6-12-4-2-1-3-5-12/h1-5,7-10,15,17H,6,11,16H2. The lowest BCUT2D eigenvalue weighted by Crippen LogP contribution is -1.99. The van der Waals surface area contributed by atoms with E-state index in [1.807, 2.05) is 42.5 Å². The van der Waals surface area contributed by atoms with Gasteiger partial charge >= 0.3 is 0 Å². The van der Waals surface area contributed by atoms with Crippen LogP contribution in [0.3, 0.4) is 0 Å². The van der Waals surface area contributed by atoms with Gasteiger partial charge in [0.05, 0.1) is 6.10 Å². The molecule has 0 saturated carbocycles. The first-order valence-corrected chi connectivity index (χ1v) is 5.83. The number of anilines is 1. The summed E-state index contributed by atoms with van der Waals surface area (Å²) in [5.41, 5.74) is 8.51. The average Bonchev–Trinajstić information content (AvgIpc) is 2.38. The Morgan fingerprint density at radius 2 is 1.59 bits per heavy atom. The van der Waals surface area contributed by atoms with Crippen LogP contribution in [0.25, 0.3) is 0 Å². The molecule has 0 bridgehead atoms. The van der Waals surface area contributed by atoms with E-state index in [1.165, 1.54) is 5.56 Å². The number of rotatable bonds is 4. The normalized spacial score (nSPS) is 12.3. The molecule has 1 atom stereocenters. The summed E-state index contributed by atoms with van der Waals surface area (Å²) in [6.07, 6.45) is 1.19. The van der Waals surface area contributed by atoms with E-state index in [0.29, 0.717) is 0 Å². The van der Waals surface area contributed by atoms with Crippen molar-refractivity contribution in [3.8, 4) is 0 Å². The minimum atomic E-state index is -0.421. The molecule has 0 aliphatic heterocycles. The minimum absolute atomic E-state index is 0.421. The zero-order valence-corrected chi connectivity index (χ0v) is 9.71. The molecule has 0 heterocycles. The van der Waals surface area contributed by atoms with Gasteiger partial charge in [0.1, 0.15) is 0 Å². The highest BCUT2D eigenvalue weighted by atomic mass is 16.3. The van der Waals surface area contributed by atoms with Crippen LogP contribution in [0.5, 0.6) is 0 Å². The van der Waals surface area contributed by atoms with Gasteiger partial charge in [-0.3, -0.25) is 0 Å². The van der Waals surface area contributed by atoms with Crippen molar-refractivity contribution in [3.05, 3.63) is 65.7 Å². The zero-order chi connectivity index (χ0) is 12.1. The number of aliphatic hydroxyl groups is 1. The Balaban J connectivity index is 1.93. The molecule has 0 amide bonds. The van der Waals surface area contributed by atoms with Crippen LogP contribution in [-0.2, 0) is 6.42 Å². The average molecular weight is 227 g/mol. The van der Waals surface area contributed by atoms with Gasteiger partial charge in [0.15, 0.2) is 0 Å². The van der Waals surface area contributed by atoms with Gasteiger partial charge in [-0.1, -0.05) is 42.5 Å². The Kier molecular flexibility index (Phi) is 3.78. The number of hydrogen-bond donors (Lipinski definition) is 2. The van der Waals surface area contributed by atoms with E-state index in [-0.39, 0.29) is 0 Å². The number of hydrogen-bond acceptors (Lipinski definition) is 2. The minimum Gasteiger partial charge on any atom is -0.399 e. The number of aliphatic hydroxyl groups excluding tert-OH is 1. The maximum atomic E-state index is 10.0. The van der Waals surface area contributed by atoms with Crippen LogP contribution >= 0.6 is 0 Å². The molecule has 0 radical (unpaired) electrons. The van der Waals surface area contributed by atoms with Gasteiger partial charge in [-0.25, -0.2) is 0 Å². The lowest BCUT2D eigenvalue weighted by atomic mass is 10.0. The smallest absolute Gasteiger partial charge is 0.0793 e. The molecule has 2 nitrogen and oxygen atoms in total. The van der Waals surface area contributed by atoms with Crippen molar-refractivity contribution in [1.29, 1.82) is 0 Å². The molecule has 2 rings (SSSR count). The van der Waals surface area contributed by atoms with E-state index >= 15 is 0 Å². The summed E-state index contributed by atoms with van der Waals surface area (Å²) in [5.74, 6) is 0. The second-order valence-electron chi connectivity index (χ2n) is 4.21. The van der Waals surface area contributed by atoms with Crippen LogP contribution in [0.4, 0.5) is 5.69 Å². The van der Waals surface area contributed by atoms with Crippen molar-refractivity contribution in [2.24, 2.45) is 0 Å². The molecule has 17 heavy (non-hydrogen) atoms. The highest BCUT2D eigenvalue weighted by Gasteiger charge is 2.07. The van der Waals surface area contributed by atoms with Crippen molar-refractivity contribution in [2.45, 2.75) is 18.9 Å². The summed E-state index contributed by atoms with van der Waals surface area (Å²) in [4.78, 5) is 0.